The van der Waals surface area contributed by atoms with Crippen molar-refractivity contribution in [3.8, 4) is 17.6 Å². The van der Waals surface area contributed by atoms with Crippen LogP contribution in [0.25, 0.3) is 10.8 Å². The molecule has 0 amide bonds. The maximum Gasteiger partial charge on any atom is 0.573 e. The van der Waals surface area contributed by atoms with Gasteiger partial charge in [0.25, 0.3) is 0 Å². The van der Waals surface area contributed by atoms with Crippen LogP contribution in [0.1, 0.15) is 54.0 Å². The summed E-state index contributed by atoms with van der Waals surface area (Å²) in [4.78, 5) is 0. The average Bonchev–Trinajstić information content (AvgIpc) is 2.89. The van der Waals surface area contributed by atoms with Gasteiger partial charge in [-0.05, 0) is 72.0 Å². The number of alkyl halides is 3. The van der Waals surface area contributed by atoms with Gasteiger partial charge >= 0.3 is 6.36 Å². The summed E-state index contributed by atoms with van der Waals surface area (Å²) in [7, 11) is 0. The molecule has 0 fully saturated rings. The van der Waals surface area contributed by atoms with Gasteiger partial charge in [-0.3, -0.25) is 0 Å². The maximum atomic E-state index is 15.1. The second kappa shape index (κ2) is 12.1. The van der Waals surface area contributed by atoms with Crippen LogP contribution in [0.4, 0.5) is 22.0 Å². The lowest BCUT2D eigenvalue weighted by Gasteiger charge is -2.09. The molecule has 0 saturated heterocycles. The van der Waals surface area contributed by atoms with E-state index < -0.39 is 23.7 Å². The summed E-state index contributed by atoms with van der Waals surface area (Å²) < 4.78 is 69.6. The Hall–Kier alpha value is -3.85. The first kappa shape index (κ1) is 27.2. The van der Waals surface area contributed by atoms with E-state index in [1.165, 1.54) is 36.5 Å². The Kier molecular flexibility index (Phi) is 8.68. The van der Waals surface area contributed by atoms with Crippen LogP contribution in [0.15, 0.2) is 72.8 Å². The molecule has 0 atom stereocenters. The number of fused-ring (bicyclic) bond motifs is 1. The van der Waals surface area contributed by atoms with Crippen molar-refractivity contribution in [2.75, 3.05) is 0 Å². The highest BCUT2D eigenvalue weighted by molar-refractivity contribution is 5.85. The smallest absolute Gasteiger partial charge is 0.403 e. The van der Waals surface area contributed by atoms with E-state index in [9.17, 15) is 17.6 Å². The molecule has 0 spiro atoms. The van der Waals surface area contributed by atoms with Gasteiger partial charge in [0, 0.05) is 10.9 Å². The molecule has 0 saturated carbocycles. The molecule has 0 unspecified atom stereocenters. The number of hydrogen-bond acceptors (Lipinski definition) is 1. The molecule has 0 bridgehead atoms. The molecule has 0 N–H and O–H groups in total. The largest absolute Gasteiger partial charge is 0.573 e. The highest BCUT2D eigenvalue weighted by atomic mass is 19.4. The summed E-state index contributed by atoms with van der Waals surface area (Å²) in [5.74, 6) is 2.59. The Bertz CT molecular complexity index is 1460. The van der Waals surface area contributed by atoms with Gasteiger partial charge in [-0.2, -0.15) is 0 Å². The molecule has 4 rings (SSSR count). The van der Waals surface area contributed by atoms with E-state index in [2.05, 4.69) is 47.8 Å². The van der Waals surface area contributed by atoms with Crippen LogP contribution >= 0.6 is 0 Å². The molecule has 196 valence electrons. The molecule has 0 aliphatic carbocycles. The fourth-order valence-electron chi connectivity index (χ4n) is 4.26. The van der Waals surface area contributed by atoms with Crippen LogP contribution in [0.5, 0.6) is 5.75 Å². The first-order valence-corrected chi connectivity index (χ1v) is 12.6. The standard InChI is InChI=1S/C32H27F5O/c1-2-3-4-5-22-6-8-23(9-7-22)10-11-24-13-18-28-27(20-24)17-16-26(31(28)34)15-12-25-14-19-30(29(33)21-25)38-32(35,36)37/h6-9,13-14,16-21H,2-5,10-11H2,1H3. The van der Waals surface area contributed by atoms with Gasteiger partial charge in [0.05, 0.1) is 5.56 Å². The second-order valence-electron chi connectivity index (χ2n) is 9.20. The molecule has 1 nitrogen and oxygen atoms in total. The maximum absolute atomic E-state index is 15.1. The van der Waals surface area contributed by atoms with Gasteiger partial charge in [0.1, 0.15) is 5.82 Å². The van der Waals surface area contributed by atoms with Crippen LogP contribution in [-0.2, 0) is 19.3 Å². The molecule has 0 aliphatic heterocycles. The molecular formula is C32H27F5O. The van der Waals surface area contributed by atoms with Crippen molar-refractivity contribution in [3.63, 3.8) is 0 Å². The Morgan fingerprint density at radius 1 is 0.711 bits per heavy atom. The number of unbranched alkanes of at least 4 members (excludes halogenated alkanes) is 2. The zero-order valence-electron chi connectivity index (χ0n) is 21.0. The fraction of sp³-hybridized carbons (Fsp3) is 0.250. The third-order valence-corrected chi connectivity index (χ3v) is 6.31. The number of rotatable bonds is 8. The van der Waals surface area contributed by atoms with Crippen molar-refractivity contribution in [1.82, 2.24) is 0 Å². The fourth-order valence-corrected chi connectivity index (χ4v) is 4.26. The van der Waals surface area contributed by atoms with E-state index in [1.807, 2.05) is 12.1 Å². The first-order valence-electron chi connectivity index (χ1n) is 12.6. The number of aryl methyl sites for hydroxylation is 3. The van der Waals surface area contributed by atoms with Crippen molar-refractivity contribution in [2.45, 2.75) is 51.8 Å². The molecule has 6 heteroatoms. The number of hydrogen-bond donors (Lipinski definition) is 0. The first-order chi connectivity index (χ1) is 18.2. The van der Waals surface area contributed by atoms with E-state index in [4.69, 9.17) is 0 Å². The number of benzene rings is 4. The van der Waals surface area contributed by atoms with E-state index >= 15 is 4.39 Å². The number of ether oxygens (including phenoxy) is 1. The molecule has 0 aromatic heterocycles. The van der Waals surface area contributed by atoms with Crippen LogP contribution in [0.3, 0.4) is 0 Å². The average molecular weight is 523 g/mol. The van der Waals surface area contributed by atoms with Crippen molar-refractivity contribution < 1.29 is 26.7 Å². The predicted molar refractivity (Wildman–Crippen MR) is 140 cm³/mol. The quantitative estimate of drug-likeness (QED) is 0.128. The minimum Gasteiger partial charge on any atom is -0.403 e. The molecule has 0 radical (unpaired) electrons. The zero-order chi connectivity index (χ0) is 27.1. The molecular weight excluding hydrogens is 495 g/mol. The second-order valence-corrected chi connectivity index (χ2v) is 9.20. The molecule has 4 aromatic rings. The number of halogens is 5. The Morgan fingerprint density at radius 3 is 2.08 bits per heavy atom. The van der Waals surface area contributed by atoms with Crippen molar-refractivity contribution in [3.05, 3.63) is 112 Å². The zero-order valence-corrected chi connectivity index (χ0v) is 21.0. The van der Waals surface area contributed by atoms with Gasteiger partial charge in [0.15, 0.2) is 11.6 Å². The lowest BCUT2D eigenvalue weighted by molar-refractivity contribution is -0.275. The van der Waals surface area contributed by atoms with Crippen LogP contribution in [-0.4, -0.2) is 6.36 Å². The highest BCUT2D eigenvalue weighted by Gasteiger charge is 2.32. The van der Waals surface area contributed by atoms with Crippen molar-refractivity contribution in [1.29, 1.82) is 0 Å². The van der Waals surface area contributed by atoms with E-state index in [1.54, 1.807) is 18.2 Å². The molecule has 0 heterocycles. The van der Waals surface area contributed by atoms with Crippen molar-refractivity contribution >= 4 is 10.8 Å². The normalized spacial score (nSPS) is 11.3. The van der Waals surface area contributed by atoms with Crippen LogP contribution in [0.2, 0.25) is 0 Å². The van der Waals surface area contributed by atoms with Gasteiger partial charge in [-0.15, -0.1) is 13.2 Å². The Balaban J connectivity index is 1.43. The third kappa shape index (κ3) is 7.35. The Morgan fingerprint density at radius 2 is 1.39 bits per heavy atom. The topological polar surface area (TPSA) is 9.23 Å². The SMILES string of the molecule is CCCCCc1ccc(CCc2ccc3c(F)c(C#Cc4ccc(OC(F)(F)F)c(F)c4)ccc3c2)cc1. The van der Waals surface area contributed by atoms with Gasteiger partial charge < -0.3 is 4.74 Å². The summed E-state index contributed by atoms with van der Waals surface area (Å²) >= 11 is 0. The summed E-state index contributed by atoms with van der Waals surface area (Å²) in [5.41, 5.74) is 3.93. The van der Waals surface area contributed by atoms with Crippen molar-refractivity contribution in [2.24, 2.45) is 0 Å². The highest BCUT2D eigenvalue weighted by Crippen LogP contribution is 2.26. The minimum absolute atomic E-state index is 0.0980. The lowest BCUT2D eigenvalue weighted by atomic mass is 9.98. The predicted octanol–water partition coefficient (Wildman–Crippen LogP) is 8.93. The minimum atomic E-state index is -5.00. The van der Waals surface area contributed by atoms with E-state index in [-0.39, 0.29) is 11.1 Å². The van der Waals surface area contributed by atoms with Gasteiger partial charge in [-0.25, -0.2) is 8.78 Å². The van der Waals surface area contributed by atoms with Gasteiger partial charge in [-0.1, -0.05) is 80.1 Å². The van der Waals surface area contributed by atoms with Gasteiger partial charge in [0.2, 0.25) is 0 Å². The lowest BCUT2D eigenvalue weighted by Crippen LogP contribution is -2.17. The Labute approximate surface area is 219 Å². The monoisotopic (exact) mass is 522 g/mol. The summed E-state index contributed by atoms with van der Waals surface area (Å²) in [6.07, 6.45) is 1.49. The van der Waals surface area contributed by atoms with E-state index in [0.717, 1.165) is 42.3 Å². The summed E-state index contributed by atoms with van der Waals surface area (Å²) in [5, 5.41) is 1.16. The van der Waals surface area contributed by atoms with E-state index in [0.29, 0.717) is 5.39 Å². The van der Waals surface area contributed by atoms with Crippen LogP contribution < -0.4 is 4.74 Å². The summed E-state index contributed by atoms with van der Waals surface area (Å²) in [6, 6.07) is 20.5. The molecule has 0 aliphatic rings. The summed E-state index contributed by atoms with van der Waals surface area (Å²) in [6.45, 7) is 2.20. The molecule has 4 aromatic carbocycles. The van der Waals surface area contributed by atoms with Crippen LogP contribution in [0, 0.1) is 23.5 Å². The third-order valence-electron chi connectivity index (χ3n) is 6.31. The molecule has 38 heavy (non-hydrogen) atoms.